The number of carbonyl (C=O) groups is 2. The maximum absolute atomic E-state index is 13.2. The van der Waals surface area contributed by atoms with Crippen LogP contribution in [-0.4, -0.2) is 29.9 Å². The number of hydrogen-bond donors (Lipinski definition) is 0. The van der Waals surface area contributed by atoms with Gasteiger partial charge in [0.15, 0.2) is 17.3 Å². The van der Waals surface area contributed by atoms with Gasteiger partial charge in [-0.05, 0) is 12.1 Å². The van der Waals surface area contributed by atoms with Crippen molar-refractivity contribution < 1.29 is 23.1 Å². The predicted molar refractivity (Wildman–Crippen MR) is 53.6 cm³/mol. The average molecular weight is 241 g/mol. The van der Waals surface area contributed by atoms with Crippen molar-refractivity contribution in [3.05, 3.63) is 29.8 Å². The molecule has 1 saturated heterocycles. The van der Waals surface area contributed by atoms with E-state index < -0.39 is 17.7 Å². The van der Waals surface area contributed by atoms with Crippen LogP contribution in [0.25, 0.3) is 0 Å². The van der Waals surface area contributed by atoms with E-state index in [9.17, 15) is 18.4 Å². The van der Waals surface area contributed by atoms with Gasteiger partial charge in [-0.1, -0.05) is 0 Å². The molecule has 1 fully saturated rings. The average Bonchev–Trinajstić information content (AvgIpc) is 2.69. The lowest BCUT2D eigenvalue weighted by molar-refractivity contribution is -0.116. The normalized spacial score (nSPS) is 15.2. The zero-order chi connectivity index (χ0) is 12.4. The first-order valence-corrected chi connectivity index (χ1v) is 5.00. The summed E-state index contributed by atoms with van der Waals surface area (Å²) in [6.07, 6.45) is -0.526. The molecule has 0 atom stereocenters. The summed E-state index contributed by atoms with van der Waals surface area (Å²) in [4.78, 5) is 23.6. The van der Waals surface area contributed by atoms with Gasteiger partial charge in [0.2, 0.25) is 0 Å². The molecule has 0 unspecified atom stereocenters. The molecule has 1 aliphatic rings. The number of ether oxygens (including phenoxy) is 1. The molecule has 1 amide bonds. The van der Waals surface area contributed by atoms with E-state index in [4.69, 9.17) is 4.74 Å². The fraction of sp³-hybridized carbons (Fsp3) is 0.273. The molecule has 0 spiro atoms. The highest BCUT2D eigenvalue weighted by molar-refractivity contribution is 5.87. The topological polar surface area (TPSA) is 46.6 Å². The molecule has 1 aliphatic heterocycles. The molecule has 1 heterocycles. The highest BCUT2D eigenvalue weighted by Gasteiger charge is 2.26. The Morgan fingerprint density at radius 1 is 1.35 bits per heavy atom. The van der Waals surface area contributed by atoms with Gasteiger partial charge in [-0.15, -0.1) is 0 Å². The molecular weight excluding hydrogens is 232 g/mol. The van der Waals surface area contributed by atoms with Crippen molar-refractivity contribution in [1.29, 1.82) is 0 Å². The van der Waals surface area contributed by atoms with Crippen molar-refractivity contribution >= 4 is 11.9 Å². The molecule has 0 saturated carbocycles. The lowest BCUT2D eigenvalue weighted by Crippen LogP contribution is -2.31. The number of likely N-dealkylation sites (tertiary alicyclic amines) is 1. The van der Waals surface area contributed by atoms with Gasteiger partial charge in [0.1, 0.15) is 5.82 Å². The molecule has 17 heavy (non-hydrogen) atoms. The lowest BCUT2D eigenvalue weighted by atomic mass is 10.3. The fourth-order valence-electron chi connectivity index (χ4n) is 1.50. The third-order valence-electron chi connectivity index (χ3n) is 2.38. The van der Waals surface area contributed by atoms with Crippen molar-refractivity contribution in [3.8, 4) is 5.75 Å². The molecule has 90 valence electrons. The predicted octanol–water partition coefficient (Wildman–Crippen LogP) is 1.74. The van der Waals surface area contributed by atoms with Crippen molar-refractivity contribution in [2.45, 2.75) is 6.42 Å². The van der Waals surface area contributed by atoms with Gasteiger partial charge >= 0.3 is 6.09 Å². The van der Waals surface area contributed by atoms with E-state index in [2.05, 4.69) is 0 Å². The van der Waals surface area contributed by atoms with Crippen LogP contribution in [-0.2, 0) is 4.79 Å². The van der Waals surface area contributed by atoms with Crippen molar-refractivity contribution in [1.82, 2.24) is 4.90 Å². The number of halogens is 2. The molecule has 0 radical (unpaired) electrons. The third-order valence-corrected chi connectivity index (χ3v) is 2.38. The summed E-state index contributed by atoms with van der Waals surface area (Å²) in [5, 5.41) is 0. The molecule has 6 heteroatoms. The van der Waals surface area contributed by atoms with E-state index in [1.807, 2.05) is 0 Å². The Morgan fingerprint density at radius 3 is 2.71 bits per heavy atom. The molecular formula is C11H9F2NO3. The quantitative estimate of drug-likeness (QED) is 0.752. The number of ketones is 1. The third kappa shape index (κ3) is 2.58. The zero-order valence-electron chi connectivity index (χ0n) is 8.78. The van der Waals surface area contributed by atoms with Gasteiger partial charge in [0.05, 0.1) is 6.54 Å². The maximum Gasteiger partial charge on any atom is 0.415 e. The number of hydrogen-bond acceptors (Lipinski definition) is 3. The van der Waals surface area contributed by atoms with E-state index in [1.165, 1.54) is 4.90 Å². The Hall–Kier alpha value is -1.98. The monoisotopic (exact) mass is 241 g/mol. The summed E-state index contributed by atoms with van der Waals surface area (Å²) in [5.41, 5.74) is 0. The summed E-state index contributed by atoms with van der Waals surface area (Å²) < 4.78 is 30.5. The summed E-state index contributed by atoms with van der Waals surface area (Å²) >= 11 is 0. The van der Waals surface area contributed by atoms with Gasteiger partial charge in [-0.2, -0.15) is 0 Å². The molecule has 0 aromatic heterocycles. The molecule has 0 N–H and O–H groups in total. The Labute approximate surface area is 95.8 Å². The maximum atomic E-state index is 13.2. The minimum atomic E-state index is -0.955. The van der Waals surface area contributed by atoms with Crippen LogP contribution in [0.1, 0.15) is 6.42 Å². The second-order valence-corrected chi connectivity index (χ2v) is 3.65. The van der Waals surface area contributed by atoms with Gasteiger partial charge in [0, 0.05) is 19.0 Å². The van der Waals surface area contributed by atoms with Crippen LogP contribution in [0.5, 0.6) is 5.75 Å². The lowest BCUT2D eigenvalue weighted by Gasteiger charge is -2.14. The van der Waals surface area contributed by atoms with Crippen LogP contribution in [0, 0.1) is 11.6 Å². The van der Waals surface area contributed by atoms with Crippen molar-refractivity contribution in [2.75, 3.05) is 13.1 Å². The first-order chi connectivity index (χ1) is 8.06. The Kier molecular flexibility index (Phi) is 3.03. The smallest absolute Gasteiger partial charge is 0.407 e. The van der Waals surface area contributed by atoms with Crippen LogP contribution < -0.4 is 4.74 Å². The van der Waals surface area contributed by atoms with Crippen molar-refractivity contribution in [2.24, 2.45) is 0 Å². The standard InChI is InChI=1S/C11H9F2NO3/c12-7-1-2-10(9(13)5-7)17-11(16)14-4-3-8(15)6-14/h1-2,5H,3-4,6H2. The van der Waals surface area contributed by atoms with Crippen LogP contribution >= 0.6 is 0 Å². The van der Waals surface area contributed by atoms with Crippen LogP contribution in [0.15, 0.2) is 18.2 Å². The highest BCUT2D eigenvalue weighted by Crippen LogP contribution is 2.19. The number of nitrogens with zero attached hydrogens (tertiary/aromatic N) is 1. The van der Waals surface area contributed by atoms with Gasteiger partial charge in [-0.3, -0.25) is 4.79 Å². The fourth-order valence-corrected chi connectivity index (χ4v) is 1.50. The summed E-state index contributed by atoms with van der Waals surface area (Å²) in [5.74, 6) is -2.13. The number of benzene rings is 1. The van der Waals surface area contributed by atoms with Crippen LogP contribution in [0.2, 0.25) is 0 Å². The molecule has 0 aliphatic carbocycles. The molecule has 0 bridgehead atoms. The molecule has 1 aromatic rings. The number of amides is 1. The minimum Gasteiger partial charge on any atom is -0.407 e. The van der Waals surface area contributed by atoms with Crippen LogP contribution in [0.4, 0.5) is 13.6 Å². The van der Waals surface area contributed by atoms with E-state index in [0.29, 0.717) is 6.07 Å². The Bertz CT molecular complexity index is 476. The molecule has 1 aromatic carbocycles. The number of Topliss-reactive ketones (excluding diaryl/α,β-unsaturated/α-hetero) is 1. The summed E-state index contributed by atoms with van der Waals surface area (Å²) in [7, 11) is 0. The van der Waals surface area contributed by atoms with Gasteiger partial charge in [0.25, 0.3) is 0 Å². The Morgan fingerprint density at radius 2 is 2.12 bits per heavy atom. The SMILES string of the molecule is O=C1CCN(C(=O)Oc2ccc(F)cc2F)C1. The molecule has 4 nitrogen and oxygen atoms in total. The van der Waals surface area contributed by atoms with Crippen molar-refractivity contribution in [3.63, 3.8) is 0 Å². The highest BCUT2D eigenvalue weighted by atomic mass is 19.1. The number of rotatable bonds is 1. The van der Waals surface area contributed by atoms with Gasteiger partial charge in [-0.25, -0.2) is 13.6 Å². The zero-order valence-corrected chi connectivity index (χ0v) is 8.78. The summed E-state index contributed by atoms with van der Waals surface area (Å²) in [6.45, 7) is 0.238. The first kappa shape index (κ1) is 11.5. The second kappa shape index (κ2) is 4.48. The van der Waals surface area contributed by atoms with E-state index in [-0.39, 0.29) is 31.0 Å². The molecule has 2 rings (SSSR count). The van der Waals surface area contributed by atoms with E-state index in [0.717, 1.165) is 12.1 Å². The minimum absolute atomic E-state index is 0.0261. The van der Waals surface area contributed by atoms with Gasteiger partial charge < -0.3 is 9.64 Å². The van der Waals surface area contributed by atoms with Crippen LogP contribution in [0.3, 0.4) is 0 Å². The van der Waals surface area contributed by atoms with E-state index >= 15 is 0 Å². The summed E-state index contributed by atoms with van der Waals surface area (Å²) in [6, 6.07) is 2.64. The first-order valence-electron chi connectivity index (χ1n) is 5.00. The Balaban J connectivity index is 2.05. The number of carbonyl (C=O) groups excluding carboxylic acids is 2. The largest absolute Gasteiger partial charge is 0.415 e. The second-order valence-electron chi connectivity index (χ2n) is 3.65. The van der Waals surface area contributed by atoms with E-state index in [1.54, 1.807) is 0 Å².